The van der Waals surface area contributed by atoms with Crippen LogP contribution in [-0.2, 0) is 11.8 Å². The van der Waals surface area contributed by atoms with E-state index < -0.39 is 6.09 Å². The first-order valence-corrected chi connectivity index (χ1v) is 13.2. The molecule has 0 atom stereocenters. The molecule has 0 saturated heterocycles. The topological polar surface area (TPSA) is 106 Å². The fraction of sp³-hybridized carbons (Fsp3) is 0.323. The summed E-state index contributed by atoms with van der Waals surface area (Å²) in [5.74, 6) is 1.35. The minimum atomic E-state index is -1.06. The molecule has 4 N–H and O–H groups in total. The van der Waals surface area contributed by atoms with Crippen molar-refractivity contribution in [1.29, 1.82) is 0 Å². The Balaban J connectivity index is 1.62. The van der Waals surface area contributed by atoms with Gasteiger partial charge in [-0.15, -0.1) is 5.10 Å². The second-order valence-corrected chi connectivity index (χ2v) is 11.2. The molecule has 2 heterocycles. The molecule has 0 amide bonds. The van der Waals surface area contributed by atoms with E-state index in [9.17, 15) is 9.90 Å². The molecule has 0 aliphatic heterocycles. The Labute approximate surface area is 223 Å². The second kappa shape index (κ2) is 10.3. The molecule has 1 aliphatic carbocycles. The fourth-order valence-corrected chi connectivity index (χ4v) is 5.53. The highest BCUT2D eigenvalue weighted by molar-refractivity contribution is 5.73. The highest BCUT2D eigenvalue weighted by Crippen LogP contribution is 2.43. The molecule has 196 valence electrons. The zero-order chi connectivity index (χ0) is 26.9. The van der Waals surface area contributed by atoms with E-state index in [4.69, 9.17) is 10.7 Å². The van der Waals surface area contributed by atoms with Gasteiger partial charge >= 0.3 is 6.09 Å². The van der Waals surface area contributed by atoms with Gasteiger partial charge in [0, 0.05) is 22.7 Å². The molecule has 0 spiro atoms. The molecule has 5 rings (SSSR count). The van der Waals surface area contributed by atoms with Crippen molar-refractivity contribution in [1.82, 2.24) is 14.8 Å². The van der Waals surface area contributed by atoms with Crippen LogP contribution in [0.5, 0.6) is 0 Å². The van der Waals surface area contributed by atoms with E-state index in [0.717, 1.165) is 60.2 Å². The molecular weight excluding hydrogens is 474 g/mol. The van der Waals surface area contributed by atoms with Gasteiger partial charge in [-0.1, -0.05) is 76.1 Å². The van der Waals surface area contributed by atoms with Gasteiger partial charge in [0.1, 0.15) is 5.82 Å². The number of anilines is 3. The van der Waals surface area contributed by atoms with E-state index in [1.165, 1.54) is 10.2 Å². The van der Waals surface area contributed by atoms with Crippen LogP contribution < -0.4 is 11.1 Å². The van der Waals surface area contributed by atoms with Crippen molar-refractivity contribution >= 4 is 23.4 Å². The predicted molar refractivity (Wildman–Crippen MR) is 152 cm³/mol. The summed E-state index contributed by atoms with van der Waals surface area (Å²) in [6, 6.07) is 22.1. The number of nitrogens with two attached hydrogens (primary N) is 1. The fourth-order valence-electron chi connectivity index (χ4n) is 5.53. The van der Waals surface area contributed by atoms with Crippen LogP contribution in [0.15, 0.2) is 66.7 Å². The van der Waals surface area contributed by atoms with Crippen molar-refractivity contribution < 1.29 is 9.90 Å². The Hall–Kier alpha value is -4.13. The minimum Gasteiger partial charge on any atom is -0.463 e. The Bertz CT molecular complexity index is 1450. The van der Waals surface area contributed by atoms with E-state index in [1.807, 2.05) is 48.5 Å². The lowest BCUT2D eigenvalue weighted by Gasteiger charge is -2.24. The van der Waals surface area contributed by atoms with Gasteiger partial charge in [0.05, 0.1) is 11.4 Å². The lowest BCUT2D eigenvalue weighted by molar-refractivity contribution is 0.191. The average molecular weight is 510 g/mol. The van der Waals surface area contributed by atoms with Crippen LogP contribution in [0, 0.1) is 0 Å². The molecule has 1 aliphatic rings. The van der Waals surface area contributed by atoms with Crippen molar-refractivity contribution in [3.63, 3.8) is 0 Å². The first-order chi connectivity index (χ1) is 18.2. The number of nitrogen functional groups attached to an aromatic ring is 1. The molecule has 4 aromatic rings. The monoisotopic (exact) mass is 509 g/mol. The molecule has 38 heavy (non-hydrogen) atoms. The van der Waals surface area contributed by atoms with Crippen LogP contribution in [0.4, 0.5) is 22.1 Å². The third kappa shape index (κ3) is 5.42. The molecule has 0 radical (unpaired) electrons. The maximum absolute atomic E-state index is 12.3. The third-order valence-corrected chi connectivity index (χ3v) is 7.16. The molecule has 7 nitrogen and oxygen atoms in total. The zero-order valence-corrected chi connectivity index (χ0v) is 22.2. The van der Waals surface area contributed by atoms with E-state index in [0.29, 0.717) is 17.3 Å². The van der Waals surface area contributed by atoms with Crippen LogP contribution in [0.3, 0.4) is 0 Å². The van der Waals surface area contributed by atoms with Crippen molar-refractivity contribution in [2.75, 3.05) is 11.1 Å². The number of benzene rings is 2. The summed E-state index contributed by atoms with van der Waals surface area (Å²) in [4.78, 5) is 17.2. The lowest BCUT2D eigenvalue weighted by atomic mass is 9.82. The van der Waals surface area contributed by atoms with Crippen molar-refractivity contribution in [2.24, 2.45) is 0 Å². The highest BCUT2D eigenvalue weighted by Gasteiger charge is 2.35. The molecule has 2 aromatic heterocycles. The molecule has 7 heteroatoms. The first-order valence-electron chi connectivity index (χ1n) is 13.2. The van der Waals surface area contributed by atoms with Crippen molar-refractivity contribution in [2.45, 2.75) is 64.2 Å². The van der Waals surface area contributed by atoms with Gasteiger partial charge in [0.2, 0.25) is 0 Å². The Morgan fingerprint density at radius 3 is 2.42 bits per heavy atom. The summed E-state index contributed by atoms with van der Waals surface area (Å²) in [6.45, 7) is 6.33. The summed E-state index contributed by atoms with van der Waals surface area (Å²) in [5, 5.41) is 18.1. The number of aromatic nitrogens is 3. The Morgan fingerprint density at radius 2 is 1.76 bits per heavy atom. The van der Waals surface area contributed by atoms with Gasteiger partial charge in [0.15, 0.2) is 5.82 Å². The summed E-state index contributed by atoms with van der Waals surface area (Å²) in [5.41, 5.74) is 12.2. The molecule has 1 fully saturated rings. The molecular formula is C31H35N5O2. The van der Waals surface area contributed by atoms with Crippen molar-refractivity contribution in [3.05, 3.63) is 89.1 Å². The number of nitrogens with one attached hydrogen (secondary N) is 1. The average Bonchev–Trinajstić information content (AvgIpc) is 3.52. The minimum absolute atomic E-state index is 0.184. The van der Waals surface area contributed by atoms with Crippen molar-refractivity contribution in [3.8, 4) is 11.3 Å². The molecule has 0 bridgehead atoms. The normalized spacial score (nSPS) is 14.1. The second-order valence-electron chi connectivity index (χ2n) is 11.2. The van der Waals surface area contributed by atoms with E-state index in [-0.39, 0.29) is 11.3 Å². The van der Waals surface area contributed by atoms with Crippen LogP contribution in [0.2, 0.25) is 0 Å². The van der Waals surface area contributed by atoms with Gasteiger partial charge < -0.3 is 16.2 Å². The predicted octanol–water partition coefficient (Wildman–Crippen LogP) is 7.34. The maximum Gasteiger partial charge on any atom is 0.432 e. The number of carboxylic acid groups (broad SMARTS) is 1. The number of carbonyl (C=O) groups is 1. The highest BCUT2D eigenvalue weighted by atomic mass is 16.4. The van der Waals surface area contributed by atoms with E-state index >= 15 is 0 Å². The van der Waals surface area contributed by atoms with Gasteiger partial charge in [0.25, 0.3) is 0 Å². The van der Waals surface area contributed by atoms with Crippen LogP contribution >= 0.6 is 0 Å². The van der Waals surface area contributed by atoms with Gasteiger partial charge in [-0.25, -0.2) is 9.78 Å². The molecule has 1 saturated carbocycles. The summed E-state index contributed by atoms with van der Waals surface area (Å²) >= 11 is 0. The number of pyridine rings is 1. The Kier molecular flexibility index (Phi) is 6.93. The maximum atomic E-state index is 12.3. The summed E-state index contributed by atoms with van der Waals surface area (Å²) in [7, 11) is 0. The Morgan fingerprint density at radius 1 is 1.03 bits per heavy atom. The number of hydrogen-bond donors (Lipinski definition) is 3. The first kappa shape index (κ1) is 25.5. The van der Waals surface area contributed by atoms with Crippen LogP contribution in [0.25, 0.3) is 11.3 Å². The van der Waals surface area contributed by atoms with E-state index in [1.54, 1.807) is 0 Å². The quantitative estimate of drug-likeness (QED) is 0.235. The van der Waals surface area contributed by atoms with E-state index in [2.05, 4.69) is 49.4 Å². The van der Waals surface area contributed by atoms with Gasteiger partial charge in [-0.2, -0.15) is 4.68 Å². The SMILES string of the molecule is CC(C)(C)c1c(Nc2cc(Cc3ccccc3)cc(-c3cccc(N)c3)n2)nn(C(=O)O)c1C1CCCC1. The third-order valence-electron chi connectivity index (χ3n) is 7.16. The molecule has 2 aromatic carbocycles. The standard InChI is InChI=1S/C31H35N5O2/c1-31(2,3)27-28(22-12-7-8-13-22)36(30(37)38)35-29(27)34-26-18-21(16-20-10-5-4-6-11-20)17-25(33-26)23-14-9-15-24(32)19-23/h4-6,9-11,14-15,17-19,22H,7-8,12-13,16,32H2,1-3H3,(H,37,38)(H,33,34,35). The van der Waals surface area contributed by atoms with Crippen LogP contribution in [-0.4, -0.2) is 26.0 Å². The zero-order valence-electron chi connectivity index (χ0n) is 22.2. The lowest BCUT2D eigenvalue weighted by Crippen LogP contribution is -2.20. The number of hydrogen-bond acceptors (Lipinski definition) is 5. The van der Waals surface area contributed by atoms with Crippen LogP contribution in [0.1, 0.15) is 74.8 Å². The summed E-state index contributed by atoms with van der Waals surface area (Å²) < 4.78 is 1.19. The summed E-state index contributed by atoms with van der Waals surface area (Å²) in [6.07, 6.45) is 3.84. The number of rotatable bonds is 6. The molecule has 0 unspecified atom stereocenters. The van der Waals surface area contributed by atoms with Gasteiger partial charge in [-0.05, 0) is 60.1 Å². The largest absolute Gasteiger partial charge is 0.463 e. The van der Waals surface area contributed by atoms with Gasteiger partial charge in [-0.3, -0.25) is 0 Å². The number of nitrogens with zero attached hydrogens (tertiary/aromatic N) is 3. The smallest absolute Gasteiger partial charge is 0.432 e.